The van der Waals surface area contributed by atoms with E-state index in [0.29, 0.717) is 29.2 Å². The number of ketones is 1. The summed E-state index contributed by atoms with van der Waals surface area (Å²) in [6.45, 7) is 2.20. The summed E-state index contributed by atoms with van der Waals surface area (Å²) >= 11 is 0. The number of methoxy groups -OCH3 is 1. The number of rotatable bonds is 6. The number of carbonyl (C=O) groups is 2. The Labute approximate surface area is 246 Å². The summed E-state index contributed by atoms with van der Waals surface area (Å²) < 4.78 is 21.4. The molecule has 3 heterocycles. The number of ether oxygens (including phenoxy) is 1. The molecule has 6 aromatic rings. The van der Waals surface area contributed by atoms with Crippen LogP contribution < -0.4 is 15.4 Å². The molecule has 0 radical (unpaired) electrons. The number of nitrogens with zero attached hydrogens (tertiary/aromatic N) is 3. The van der Waals surface area contributed by atoms with Gasteiger partial charge < -0.3 is 15.0 Å². The van der Waals surface area contributed by atoms with Crippen LogP contribution >= 0.6 is 0 Å². The SMILES string of the molecule is COc1ccc2c(c1N)[C@@](C)(C(=O)c1cc3c4ccccc4n(Cc4ccccc4)c3cn1)C(=O)N2c1ccc(F)cc1. The molecule has 1 amide bonds. The molecule has 7 rings (SSSR count). The number of nitrogens with two attached hydrogens (primary N) is 1. The minimum absolute atomic E-state index is 0.139. The highest BCUT2D eigenvalue weighted by atomic mass is 19.1. The fourth-order valence-corrected chi connectivity index (χ4v) is 6.24. The fraction of sp³-hybridized carbons (Fsp3) is 0.114. The van der Waals surface area contributed by atoms with Crippen LogP contribution in [0.2, 0.25) is 0 Å². The summed E-state index contributed by atoms with van der Waals surface area (Å²) in [6.07, 6.45) is 1.70. The minimum Gasteiger partial charge on any atom is -0.495 e. The van der Waals surface area contributed by atoms with E-state index in [-0.39, 0.29) is 11.4 Å². The number of amides is 1. The zero-order chi connectivity index (χ0) is 29.9. The second-order valence-corrected chi connectivity index (χ2v) is 10.8. The van der Waals surface area contributed by atoms with Crippen molar-refractivity contribution in [3.05, 3.63) is 126 Å². The molecule has 43 heavy (non-hydrogen) atoms. The molecule has 4 aromatic carbocycles. The number of hydrogen-bond acceptors (Lipinski definition) is 5. The highest BCUT2D eigenvalue weighted by Gasteiger charge is 2.55. The largest absolute Gasteiger partial charge is 0.495 e. The number of aromatic nitrogens is 2. The number of fused-ring (bicyclic) bond motifs is 4. The lowest BCUT2D eigenvalue weighted by Gasteiger charge is -2.24. The third-order valence-corrected chi connectivity index (χ3v) is 8.39. The number of para-hydroxylation sites is 1. The molecule has 212 valence electrons. The summed E-state index contributed by atoms with van der Waals surface area (Å²) in [7, 11) is 1.48. The third kappa shape index (κ3) is 3.90. The van der Waals surface area contributed by atoms with Crippen LogP contribution in [0.5, 0.6) is 5.75 Å². The highest BCUT2D eigenvalue weighted by Crippen LogP contribution is 2.52. The summed E-state index contributed by atoms with van der Waals surface area (Å²) in [6, 6.07) is 28.8. The third-order valence-electron chi connectivity index (χ3n) is 8.39. The van der Waals surface area contributed by atoms with Gasteiger partial charge in [0, 0.05) is 34.1 Å². The van der Waals surface area contributed by atoms with Crippen LogP contribution in [0.15, 0.2) is 103 Å². The summed E-state index contributed by atoms with van der Waals surface area (Å²) in [4.78, 5) is 34.9. The number of Topliss-reactive ketones (excluding diaryl/α,β-unsaturated/α-hetero) is 1. The van der Waals surface area contributed by atoms with Crippen LogP contribution in [0.4, 0.5) is 21.5 Å². The van der Waals surface area contributed by atoms with Crippen LogP contribution in [-0.4, -0.2) is 28.4 Å². The van der Waals surface area contributed by atoms with Crippen molar-refractivity contribution in [2.75, 3.05) is 17.7 Å². The first-order valence-electron chi connectivity index (χ1n) is 13.9. The summed E-state index contributed by atoms with van der Waals surface area (Å²) in [5, 5.41) is 1.83. The van der Waals surface area contributed by atoms with Gasteiger partial charge >= 0.3 is 0 Å². The van der Waals surface area contributed by atoms with Gasteiger partial charge in [0.1, 0.15) is 22.7 Å². The lowest BCUT2D eigenvalue weighted by molar-refractivity contribution is -0.120. The lowest BCUT2D eigenvalue weighted by atomic mass is 9.77. The van der Waals surface area contributed by atoms with E-state index in [0.717, 1.165) is 27.4 Å². The van der Waals surface area contributed by atoms with E-state index < -0.39 is 22.9 Å². The Morgan fingerprint density at radius 2 is 1.65 bits per heavy atom. The van der Waals surface area contributed by atoms with Gasteiger partial charge in [0.05, 0.1) is 30.2 Å². The van der Waals surface area contributed by atoms with Crippen molar-refractivity contribution in [3.63, 3.8) is 0 Å². The molecule has 8 heteroatoms. The van der Waals surface area contributed by atoms with Crippen LogP contribution in [0, 0.1) is 5.82 Å². The number of benzene rings is 4. The Bertz CT molecular complexity index is 2070. The highest BCUT2D eigenvalue weighted by molar-refractivity contribution is 6.29. The van der Waals surface area contributed by atoms with E-state index in [1.165, 1.54) is 36.3 Å². The number of pyridine rings is 1. The molecule has 7 nitrogen and oxygen atoms in total. The van der Waals surface area contributed by atoms with E-state index >= 15 is 0 Å². The number of hydrogen-bond donors (Lipinski definition) is 1. The maximum Gasteiger partial charge on any atom is 0.250 e. The van der Waals surface area contributed by atoms with Gasteiger partial charge in [0.25, 0.3) is 0 Å². The molecule has 0 spiro atoms. The molecule has 2 N–H and O–H groups in total. The quantitative estimate of drug-likeness (QED) is 0.135. The van der Waals surface area contributed by atoms with Crippen molar-refractivity contribution in [2.24, 2.45) is 0 Å². The Balaban J connectivity index is 1.39. The molecule has 1 aliphatic rings. The molecule has 1 aliphatic heterocycles. The topological polar surface area (TPSA) is 90.5 Å². The van der Waals surface area contributed by atoms with Crippen molar-refractivity contribution in [1.29, 1.82) is 0 Å². The van der Waals surface area contributed by atoms with Gasteiger partial charge in [-0.1, -0.05) is 48.5 Å². The Morgan fingerprint density at radius 1 is 0.930 bits per heavy atom. The average Bonchev–Trinajstić information content (AvgIpc) is 3.47. The monoisotopic (exact) mass is 570 g/mol. The standard InChI is InChI=1S/C35H27FN4O3/c1-35(31-28(16-17-30(43-2)32(31)37)40(34(35)42)23-14-12-22(36)13-15-23)33(41)26-18-25-24-10-6-7-11-27(24)39(29(25)19-38-26)20-21-8-4-3-5-9-21/h3-19H,20,37H2,1-2H3/t35-/m0/s1. The van der Waals surface area contributed by atoms with Gasteiger partial charge in [-0.15, -0.1) is 0 Å². The van der Waals surface area contributed by atoms with Gasteiger partial charge in [0.2, 0.25) is 11.7 Å². The molecule has 0 bridgehead atoms. The molecule has 0 fully saturated rings. The number of carbonyl (C=O) groups excluding carboxylic acids is 2. The smallest absolute Gasteiger partial charge is 0.250 e. The summed E-state index contributed by atoms with van der Waals surface area (Å²) in [5.41, 5.74) is 9.38. The summed E-state index contributed by atoms with van der Waals surface area (Å²) in [5.74, 6) is -1.09. The van der Waals surface area contributed by atoms with E-state index in [9.17, 15) is 14.0 Å². The Hall–Kier alpha value is -5.50. The van der Waals surface area contributed by atoms with Gasteiger partial charge in [-0.2, -0.15) is 0 Å². The van der Waals surface area contributed by atoms with Gasteiger partial charge in [-0.3, -0.25) is 19.5 Å². The van der Waals surface area contributed by atoms with Gasteiger partial charge in [-0.05, 0) is 61.0 Å². The minimum atomic E-state index is -1.72. The van der Waals surface area contributed by atoms with Crippen molar-refractivity contribution in [1.82, 2.24) is 9.55 Å². The van der Waals surface area contributed by atoms with Crippen molar-refractivity contribution in [3.8, 4) is 5.75 Å². The van der Waals surface area contributed by atoms with Crippen LogP contribution in [0.25, 0.3) is 21.8 Å². The number of nitrogen functional groups attached to an aromatic ring is 1. The predicted octanol–water partition coefficient (Wildman–Crippen LogP) is 6.79. The first kappa shape index (κ1) is 26.4. The lowest BCUT2D eigenvalue weighted by Crippen LogP contribution is -2.43. The van der Waals surface area contributed by atoms with Gasteiger partial charge in [0.15, 0.2) is 0 Å². The van der Waals surface area contributed by atoms with Gasteiger partial charge in [-0.25, -0.2) is 4.39 Å². The Kier molecular flexibility index (Phi) is 6.02. The van der Waals surface area contributed by atoms with E-state index in [4.69, 9.17) is 10.5 Å². The van der Waals surface area contributed by atoms with Crippen LogP contribution in [0.3, 0.4) is 0 Å². The zero-order valence-corrected chi connectivity index (χ0v) is 23.5. The first-order valence-corrected chi connectivity index (χ1v) is 13.9. The van der Waals surface area contributed by atoms with Crippen molar-refractivity contribution < 1.29 is 18.7 Å². The Morgan fingerprint density at radius 3 is 2.40 bits per heavy atom. The number of anilines is 3. The second-order valence-electron chi connectivity index (χ2n) is 10.8. The fourth-order valence-electron chi connectivity index (χ4n) is 6.24. The van der Waals surface area contributed by atoms with E-state index in [2.05, 4.69) is 21.7 Å². The molecular formula is C35H27FN4O3. The number of halogens is 1. The maximum atomic E-state index is 14.5. The molecular weight excluding hydrogens is 543 g/mol. The van der Waals surface area contributed by atoms with E-state index in [1.54, 1.807) is 31.3 Å². The normalized spacial score (nSPS) is 16.2. The molecule has 2 aromatic heterocycles. The molecule has 1 atom stereocenters. The van der Waals surface area contributed by atoms with E-state index in [1.807, 2.05) is 42.5 Å². The van der Waals surface area contributed by atoms with Crippen LogP contribution in [0.1, 0.15) is 28.5 Å². The predicted molar refractivity (Wildman–Crippen MR) is 165 cm³/mol. The molecule has 0 aliphatic carbocycles. The molecule has 0 saturated carbocycles. The zero-order valence-electron chi connectivity index (χ0n) is 23.5. The average molecular weight is 571 g/mol. The first-order chi connectivity index (χ1) is 20.8. The van der Waals surface area contributed by atoms with Crippen molar-refractivity contribution in [2.45, 2.75) is 18.9 Å². The van der Waals surface area contributed by atoms with Crippen molar-refractivity contribution >= 4 is 50.6 Å². The molecule has 0 saturated heterocycles. The van der Waals surface area contributed by atoms with Crippen LogP contribution in [-0.2, 0) is 16.8 Å². The maximum absolute atomic E-state index is 14.5. The second kappa shape index (κ2) is 9.80. The molecule has 0 unspecified atom stereocenters.